The van der Waals surface area contributed by atoms with Gasteiger partial charge in [0.2, 0.25) is 0 Å². The van der Waals surface area contributed by atoms with Crippen LogP contribution in [0.25, 0.3) is 16.9 Å². The Morgan fingerprint density at radius 2 is 1.85 bits per heavy atom. The quantitative estimate of drug-likeness (QED) is 0.500. The van der Waals surface area contributed by atoms with Crippen LogP contribution in [0, 0.1) is 6.92 Å². The van der Waals surface area contributed by atoms with Crippen LogP contribution in [0.3, 0.4) is 0 Å². The summed E-state index contributed by atoms with van der Waals surface area (Å²) >= 11 is 3.38. The summed E-state index contributed by atoms with van der Waals surface area (Å²) in [6.45, 7) is 2.05. The van der Waals surface area contributed by atoms with Gasteiger partial charge in [0.05, 0.1) is 5.69 Å². The number of benzene rings is 2. The van der Waals surface area contributed by atoms with Crippen LogP contribution in [0.1, 0.15) is 15.9 Å². The summed E-state index contributed by atoms with van der Waals surface area (Å²) in [7, 11) is 0. The van der Waals surface area contributed by atoms with E-state index in [1.807, 2.05) is 65.3 Å². The highest BCUT2D eigenvalue weighted by Crippen LogP contribution is 2.23. The topological polar surface area (TPSA) is 46.4 Å². The first kappa shape index (κ1) is 16.5. The van der Waals surface area contributed by atoms with Gasteiger partial charge < -0.3 is 9.72 Å². The molecule has 26 heavy (non-hydrogen) atoms. The number of hydrogen-bond donors (Lipinski definition) is 1. The van der Waals surface area contributed by atoms with Crippen molar-refractivity contribution in [2.45, 2.75) is 6.92 Å². The molecule has 0 aliphatic carbocycles. The van der Waals surface area contributed by atoms with E-state index in [2.05, 4.69) is 33.2 Å². The highest BCUT2D eigenvalue weighted by atomic mass is 79.9. The number of anilines is 1. The molecule has 2 aromatic heterocycles. The summed E-state index contributed by atoms with van der Waals surface area (Å²) in [6, 6.07) is 19.0. The molecule has 2 heterocycles. The van der Waals surface area contributed by atoms with Gasteiger partial charge in [-0.3, -0.25) is 4.79 Å². The van der Waals surface area contributed by atoms with Crippen LogP contribution >= 0.6 is 15.9 Å². The van der Waals surface area contributed by atoms with Crippen molar-refractivity contribution in [2.75, 3.05) is 5.32 Å². The SMILES string of the molecule is Cc1ccc2nc(-c3cccc(NC(=O)c4ccc(Br)cc4)c3)cn2c1. The Kier molecular flexibility index (Phi) is 4.31. The summed E-state index contributed by atoms with van der Waals surface area (Å²) in [4.78, 5) is 17.1. The largest absolute Gasteiger partial charge is 0.322 e. The summed E-state index contributed by atoms with van der Waals surface area (Å²) < 4.78 is 2.95. The fraction of sp³-hybridized carbons (Fsp3) is 0.0476. The Morgan fingerprint density at radius 3 is 2.65 bits per heavy atom. The van der Waals surface area contributed by atoms with E-state index < -0.39 is 0 Å². The maximum atomic E-state index is 12.4. The van der Waals surface area contributed by atoms with Gasteiger partial charge in [-0.05, 0) is 55.0 Å². The second-order valence-electron chi connectivity index (χ2n) is 6.14. The lowest BCUT2D eigenvalue weighted by molar-refractivity contribution is 0.102. The van der Waals surface area contributed by atoms with Crippen LogP contribution in [0.15, 0.2) is 77.5 Å². The van der Waals surface area contributed by atoms with E-state index in [0.29, 0.717) is 5.56 Å². The predicted molar refractivity (Wildman–Crippen MR) is 107 cm³/mol. The number of imidazole rings is 1. The smallest absolute Gasteiger partial charge is 0.255 e. The number of aromatic nitrogens is 2. The molecule has 5 heteroatoms. The van der Waals surface area contributed by atoms with Gasteiger partial charge in [0.15, 0.2) is 0 Å². The molecule has 128 valence electrons. The molecule has 0 radical (unpaired) electrons. The lowest BCUT2D eigenvalue weighted by atomic mass is 10.1. The van der Waals surface area contributed by atoms with Crippen molar-refractivity contribution in [2.24, 2.45) is 0 Å². The number of pyridine rings is 1. The fourth-order valence-electron chi connectivity index (χ4n) is 2.80. The van der Waals surface area contributed by atoms with Gasteiger partial charge in [-0.2, -0.15) is 0 Å². The molecule has 0 saturated heterocycles. The molecule has 4 aromatic rings. The minimum Gasteiger partial charge on any atom is -0.322 e. The molecule has 4 nitrogen and oxygen atoms in total. The summed E-state index contributed by atoms with van der Waals surface area (Å²) in [6.07, 6.45) is 4.04. The first-order valence-electron chi connectivity index (χ1n) is 8.21. The first-order chi connectivity index (χ1) is 12.6. The van der Waals surface area contributed by atoms with E-state index in [0.717, 1.165) is 27.1 Å². The Hall–Kier alpha value is -2.92. The van der Waals surface area contributed by atoms with Crippen molar-refractivity contribution in [1.29, 1.82) is 0 Å². The Balaban J connectivity index is 1.61. The van der Waals surface area contributed by atoms with Crippen LogP contribution in [0.2, 0.25) is 0 Å². The lowest BCUT2D eigenvalue weighted by Crippen LogP contribution is -2.11. The average Bonchev–Trinajstić information content (AvgIpc) is 3.05. The third-order valence-corrected chi connectivity index (χ3v) is 4.65. The van der Waals surface area contributed by atoms with Crippen molar-refractivity contribution in [1.82, 2.24) is 9.38 Å². The third-order valence-electron chi connectivity index (χ3n) is 4.12. The number of rotatable bonds is 3. The molecule has 1 amide bonds. The van der Waals surface area contributed by atoms with Crippen LogP contribution in [-0.2, 0) is 0 Å². The van der Waals surface area contributed by atoms with E-state index in [1.165, 1.54) is 5.56 Å². The van der Waals surface area contributed by atoms with Crippen LogP contribution in [0.4, 0.5) is 5.69 Å². The van der Waals surface area contributed by atoms with Crippen molar-refractivity contribution in [3.8, 4) is 11.3 Å². The maximum Gasteiger partial charge on any atom is 0.255 e. The zero-order chi connectivity index (χ0) is 18.1. The molecule has 0 saturated carbocycles. The van der Waals surface area contributed by atoms with E-state index in [1.54, 1.807) is 12.1 Å². The molecule has 0 fully saturated rings. The van der Waals surface area contributed by atoms with Gasteiger partial charge in [-0.15, -0.1) is 0 Å². The highest BCUT2D eigenvalue weighted by Gasteiger charge is 2.09. The first-order valence-corrected chi connectivity index (χ1v) is 9.00. The number of carbonyl (C=O) groups is 1. The van der Waals surface area contributed by atoms with Gasteiger partial charge in [-0.25, -0.2) is 4.98 Å². The molecular weight excluding hydrogens is 390 g/mol. The van der Waals surface area contributed by atoms with Gasteiger partial charge in [0, 0.05) is 33.7 Å². The van der Waals surface area contributed by atoms with E-state index in [4.69, 9.17) is 0 Å². The van der Waals surface area contributed by atoms with Gasteiger partial charge >= 0.3 is 0 Å². The summed E-state index contributed by atoms with van der Waals surface area (Å²) in [5.41, 5.74) is 5.26. The number of halogens is 1. The number of nitrogens with one attached hydrogen (secondary N) is 1. The van der Waals surface area contributed by atoms with E-state index in [9.17, 15) is 4.79 Å². The minimum atomic E-state index is -0.139. The van der Waals surface area contributed by atoms with Crippen molar-refractivity contribution >= 4 is 33.2 Å². The van der Waals surface area contributed by atoms with Crippen LogP contribution in [0.5, 0.6) is 0 Å². The monoisotopic (exact) mass is 405 g/mol. The van der Waals surface area contributed by atoms with Crippen LogP contribution in [-0.4, -0.2) is 15.3 Å². The molecule has 0 bridgehead atoms. The number of hydrogen-bond acceptors (Lipinski definition) is 2. The maximum absolute atomic E-state index is 12.4. The normalized spacial score (nSPS) is 10.8. The van der Waals surface area contributed by atoms with Crippen molar-refractivity contribution < 1.29 is 4.79 Å². The average molecular weight is 406 g/mol. The minimum absolute atomic E-state index is 0.139. The number of aryl methyl sites for hydroxylation is 1. The standard InChI is InChI=1S/C21H16BrN3O/c1-14-5-10-20-24-19(13-25(20)12-14)16-3-2-4-18(11-16)23-21(26)15-6-8-17(22)9-7-15/h2-13H,1H3,(H,23,26). The van der Waals surface area contributed by atoms with Gasteiger partial charge in [0.25, 0.3) is 5.91 Å². The number of carbonyl (C=O) groups excluding carboxylic acids is 1. The van der Waals surface area contributed by atoms with E-state index in [-0.39, 0.29) is 5.91 Å². The molecule has 2 aromatic carbocycles. The number of nitrogens with zero attached hydrogens (tertiary/aromatic N) is 2. The molecule has 0 aliphatic rings. The van der Waals surface area contributed by atoms with Gasteiger partial charge in [-0.1, -0.05) is 34.1 Å². The second-order valence-corrected chi connectivity index (χ2v) is 7.06. The fourth-order valence-corrected chi connectivity index (χ4v) is 3.07. The predicted octanol–water partition coefficient (Wildman–Crippen LogP) is 5.32. The second kappa shape index (κ2) is 6.77. The Bertz CT molecular complexity index is 1100. The van der Waals surface area contributed by atoms with Gasteiger partial charge in [0.1, 0.15) is 5.65 Å². The highest BCUT2D eigenvalue weighted by molar-refractivity contribution is 9.10. The Labute approximate surface area is 159 Å². The number of fused-ring (bicyclic) bond motifs is 1. The molecule has 4 rings (SSSR count). The van der Waals surface area contributed by atoms with E-state index >= 15 is 0 Å². The molecule has 0 aliphatic heterocycles. The summed E-state index contributed by atoms with van der Waals surface area (Å²) in [5.74, 6) is -0.139. The zero-order valence-corrected chi connectivity index (χ0v) is 15.7. The molecule has 1 N–H and O–H groups in total. The van der Waals surface area contributed by atoms with Crippen molar-refractivity contribution in [3.63, 3.8) is 0 Å². The van der Waals surface area contributed by atoms with Crippen LogP contribution < -0.4 is 5.32 Å². The Morgan fingerprint density at radius 1 is 1.04 bits per heavy atom. The molecule has 0 atom stereocenters. The lowest BCUT2D eigenvalue weighted by Gasteiger charge is -2.07. The third kappa shape index (κ3) is 3.39. The molecule has 0 spiro atoms. The molecular formula is C21H16BrN3O. The van der Waals surface area contributed by atoms with Crippen molar-refractivity contribution in [3.05, 3.63) is 88.7 Å². The number of amides is 1. The summed E-state index contributed by atoms with van der Waals surface area (Å²) in [5, 5.41) is 2.94. The zero-order valence-electron chi connectivity index (χ0n) is 14.1. The molecule has 0 unspecified atom stereocenters.